The van der Waals surface area contributed by atoms with E-state index in [2.05, 4.69) is 5.32 Å². The standard InChI is InChI=1S/C9H15NO3/c1-5(2)12-9(11)6-3-4-7-8(10-6)13-7/h5-8,10H,3-4H2,1-2H3/t6-,7?,8?/m0/s1. The maximum atomic E-state index is 11.4. The smallest absolute Gasteiger partial charge is 0.323 e. The first-order valence-electron chi connectivity index (χ1n) is 4.79. The third-order valence-corrected chi connectivity index (χ3v) is 2.32. The lowest BCUT2D eigenvalue weighted by Gasteiger charge is -2.20. The van der Waals surface area contributed by atoms with Gasteiger partial charge in [0.2, 0.25) is 0 Å². The van der Waals surface area contributed by atoms with Gasteiger partial charge in [0.05, 0.1) is 12.2 Å². The Bertz CT molecular complexity index is 217. The van der Waals surface area contributed by atoms with Gasteiger partial charge in [-0.05, 0) is 26.7 Å². The Kier molecular flexibility index (Phi) is 2.26. The van der Waals surface area contributed by atoms with Gasteiger partial charge in [0.25, 0.3) is 0 Å². The first kappa shape index (κ1) is 8.97. The molecule has 2 aliphatic heterocycles. The molecule has 3 atom stereocenters. The number of carbonyl (C=O) groups excluding carboxylic acids is 1. The van der Waals surface area contributed by atoms with Gasteiger partial charge in [-0.2, -0.15) is 0 Å². The van der Waals surface area contributed by atoms with Gasteiger partial charge in [-0.15, -0.1) is 0 Å². The van der Waals surface area contributed by atoms with Crippen molar-refractivity contribution in [2.45, 2.75) is 51.2 Å². The van der Waals surface area contributed by atoms with E-state index in [-0.39, 0.29) is 24.3 Å². The second-order valence-electron chi connectivity index (χ2n) is 3.88. The molecular formula is C9H15NO3. The molecule has 2 saturated heterocycles. The fourth-order valence-electron chi connectivity index (χ4n) is 1.62. The highest BCUT2D eigenvalue weighted by Crippen LogP contribution is 2.30. The summed E-state index contributed by atoms with van der Waals surface area (Å²) in [6.45, 7) is 3.72. The molecule has 0 bridgehead atoms. The van der Waals surface area contributed by atoms with Crippen LogP contribution in [0.3, 0.4) is 0 Å². The molecule has 2 unspecified atom stereocenters. The number of piperidine rings is 1. The van der Waals surface area contributed by atoms with Gasteiger partial charge in [0.1, 0.15) is 12.3 Å². The zero-order chi connectivity index (χ0) is 9.42. The number of esters is 1. The number of fused-ring (bicyclic) bond motifs is 1. The molecule has 13 heavy (non-hydrogen) atoms. The van der Waals surface area contributed by atoms with E-state index in [1.807, 2.05) is 13.8 Å². The van der Waals surface area contributed by atoms with Crippen LogP contribution in [0.4, 0.5) is 0 Å². The van der Waals surface area contributed by atoms with Crippen LogP contribution < -0.4 is 5.32 Å². The van der Waals surface area contributed by atoms with E-state index in [4.69, 9.17) is 9.47 Å². The Morgan fingerprint density at radius 1 is 1.54 bits per heavy atom. The van der Waals surface area contributed by atoms with Crippen molar-refractivity contribution in [2.75, 3.05) is 0 Å². The predicted octanol–water partition coefficient (Wildman–Crippen LogP) is 0.415. The van der Waals surface area contributed by atoms with Crippen LogP contribution in [0, 0.1) is 0 Å². The molecule has 4 heteroatoms. The van der Waals surface area contributed by atoms with Crippen molar-refractivity contribution in [3.63, 3.8) is 0 Å². The van der Waals surface area contributed by atoms with Crippen LogP contribution in [0.2, 0.25) is 0 Å². The van der Waals surface area contributed by atoms with Crippen LogP contribution in [0.5, 0.6) is 0 Å². The molecule has 0 aromatic carbocycles. The highest BCUT2D eigenvalue weighted by atomic mass is 16.6. The summed E-state index contributed by atoms with van der Waals surface area (Å²) in [5.74, 6) is -0.149. The maximum absolute atomic E-state index is 11.4. The Labute approximate surface area is 77.6 Å². The number of hydrogen-bond acceptors (Lipinski definition) is 4. The zero-order valence-corrected chi connectivity index (χ0v) is 7.95. The Balaban J connectivity index is 1.82. The fourth-order valence-corrected chi connectivity index (χ4v) is 1.62. The summed E-state index contributed by atoms with van der Waals surface area (Å²) in [7, 11) is 0. The Morgan fingerprint density at radius 3 is 2.92 bits per heavy atom. The molecule has 2 heterocycles. The molecule has 1 N–H and O–H groups in total. The average Bonchev–Trinajstić information content (AvgIpc) is 2.79. The minimum Gasteiger partial charge on any atom is -0.462 e. The minimum atomic E-state index is -0.161. The number of carbonyl (C=O) groups is 1. The van der Waals surface area contributed by atoms with Gasteiger partial charge in [0, 0.05) is 0 Å². The third kappa shape index (κ3) is 2.00. The van der Waals surface area contributed by atoms with Crippen molar-refractivity contribution in [2.24, 2.45) is 0 Å². The SMILES string of the molecule is CC(C)OC(=O)[C@@H]1CCC2OC2N1. The summed E-state index contributed by atoms with van der Waals surface area (Å²) >= 11 is 0. The summed E-state index contributed by atoms with van der Waals surface area (Å²) in [6.07, 6.45) is 2.22. The molecule has 4 nitrogen and oxygen atoms in total. The zero-order valence-electron chi connectivity index (χ0n) is 7.95. The van der Waals surface area contributed by atoms with Gasteiger partial charge < -0.3 is 9.47 Å². The lowest BCUT2D eigenvalue weighted by atomic mass is 10.1. The molecule has 74 valence electrons. The first-order valence-corrected chi connectivity index (χ1v) is 4.79. The molecule has 0 aromatic rings. The molecule has 0 aromatic heterocycles. The fraction of sp³-hybridized carbons (Fsp3) is 0.889. The van der Waals surface area contributed by atoms with Crippen LogP contribution in [0.25, 0.3) is 0 Å². The number of hydrogen-bond donors (Lipinski definition) is 1. The third-order valence-electron chi connectivity index (χ3n) is 2.32. The molecule has 2 aliphatic rings. The van der Waals surface area contributed by atoms with Crippen LogP contribution in [-0.4, -0.2) is 30.4 Å². The monoisotopic (exact) mass is 185 g/mol. The second-order valence-corrected chi connectivity index (χ2v) is 3.88. The van der Waals surface area contributed by atoms with Gasteiger partial charge in [-0.25, -0.2) is 0 Å². The van der Waals surface area contributed by atoms with Crippen LogP contribution in [0.15, 0.2) is 0 Å². The molecular weight excluding hydrogens is 170 g/mol. The minimum absolute atomic E-state index is 0.0351. The molecule has 0 saturated carbocycles. The normalized spacial score (nSPS) is 37.0. The second kappa shape index (κ2) is 3.27. The largest absolute Gasteiger partial charge is 0.462 e. The topological polar surface area (TPSA) is 50.9 Å². The van der Waals surface area contributed by atoms with E-state index in [9.17, 15) is 4.79 Å². The molecule has 2 fully saturated rings. The van der Waals surface area contributed by atoms with Crippen LogP contribution in [-0.2, 0) is 14.3 Å². The molecule has 0 amide bonds. The van der Waals surface area contributed by atoms with Crippen molar-refractivity contribution < 1.29 is 14.3 Å². The summed E-state index contributed by atoms with van der Waals surface area (Å²) in [5.41, 5.74) is 0. The van der Waals surface area contributed by atoms with E-state index < -0.39 is 0 Å². The predicted molar refractivity (Wildman–Crippen MR) is 46.0 cm³/mol. The molecule has 2 rings (SSSR count). The summed E-state index contributed by atoms with van der Waals surface area (Å²) < 4.78 is 10.3. The number of epoxide rings is 1. The van der Waals surface area contributed by atoms with Gasteiger partial charge in [-0.1, -0.05) is 0 Å². The summed E-state index contributed by atoms with van der Waals surface area (Å²) in [5, 5.41) is 3.10. The number of nitrogens with one attached hydrogen (secondary N) is 1. The summed E-state index contributed by atoms with van der Waals surface area (Å²) in [4.78, 5) is 11.4. The van der Waals surface area contributed by atoms with E-state index in [0.29, 0.717) is 6.10 Å². The molecule has 0 spiro atoms. The lowest BCUT2D eigenvalue weighted by molar-refractivity contribution is -0.150. The molecule has 0 aliphatic carbocycles. The van der Waals surface area contributed by atoms with Crippen molar-refractivity contribution in [3.8, 4) is 0 Å². The van der Waals surface area contributed by atoms with Crippen molar-refractivity contribution in [3.05, 3.63) is 0 Å². The van der Waals surface area contributed by atoms with E-state index in [0.717, 1.165) is 12.8 Å². The highest BCUT2D eigenvalue weighted by molar-refractivity contribution is 5.76. The number of rotatable bonds is 2. The Morgan fingerprint density at radius 2 is 2.31 bits per heavy atom. The lowest BCUT2D eigenvalue weighted by Crippen LogP contribution is -2.44. The van der Waals surface area contributed by atoms with Gasteiger partial charge in [0.15, 0.2) is 0 Å². The van der Waals surface area contributed by atoms with Crippen molar-refractivity contribution >= 4 is 5.97 Å². The van der Waals surface area contributed by atoms with Crippen LogP contribution in [0.1, 0.15) is 26.7 Å². The highest BCUT2D eigenvalue weighted by Gasteiger charge is 2.45. The van der Waals surface area contributed by atoms with Gasteiger partial charge >= 0.3 is 5.97 Å². The summed E-state index contributed by atoms with van der Waals surface area (Å²) in [6, 6.07) is -0.161. The first-order chi connectivity index (χ1) is 6.16. The maximum Gasteiger partial charge on any atom is 0.323 e. The Hall–Kier alpha value is -0.610. The van der Waals surface area contributed by atoms with Crippen molar-refractivity contribution in [1.82, 2.24) is 5.32 Å². The van der Waals surface area contributed by atoms with E-state index in [1.165, 1.54) is 0 Å². The van der Waals surface area contributed by atoms with Crippen LogP contribution >= 0.6 is 0 Å². The van der Waals surface area contributed by atoms with Crippen molar-refractivity contribution in [1.29, 1.82) is 0 Å². The number of ether oxygens (including phenoxy) is 2. The average molecular weight is 185 g/mol. The van der Waals surface area contributed by atoms with Gasteiger partial charge in [-0.3, -0.25) is 10.1 Å². The van der Waals surface area contributed by atoms with E-state index in [1.54, 1.807) is 0 Å². The quantitative estimate of drug-likeness (QED) is 0.500. The molecule has 0 radical (unpaired) electrons. The van der Waals surface area contributed by atoms with E-state index >= 15 is 0 Å².